The number of alkyl halides is 6. The molecule has 0 saturated carbocycles. The maximum atomic E-state index is 11.9. The molecule has 0 fully saturated rings. The van der Waals surface area contributed by atoms with E-state index in [0.717, 1.165) is 0 Å². The summed E-state index contributed by atoms with van der Waals surface area (Å²) in [7, 11) is 0. The van der Waals surface area contributed by atoms with Crippen molar-refractivity contribution in [3.8, 4) is 0 Å². The molecule has 0 amide bonds. The van der Waals surface area contributed by atoms with E-state index in [9.17, 15) is 26.3 Å². The van der Waals surface area contributed by atoms with Gasteiger partial charge in [-0.1, -0.05) is 12.8 Å². The fourth-order valence-corrected chi connectivity index (χ4v) is 1.34. The zero-order chi connectivity index (χ0) is 17.2. The largest absolute Gasteiger partial charge is 0.416 e. The van der Waals surface area contributed by atoms with Crippen molar-refractivity contribution in [2.24, 2.45) is 0 Å². The van der Waals surface area contributed by atoms with Crippen LogP contribution in [0.25, 0.3) is 0 Å². The highest BCUT2D eigenvalue weighted by Crippen LogP contribution is 2.20. The molecule has 10 heteroatoms. The average molecular weight is 342 g/mol. The lowest BCUT2D eigenvalue weighted by atomic mass is 10.2. The molecule has 0 aromatic heterocycles. The van der Waals surface area contributed by atoms with Crippen LogP contribution in [-0.2, 0) is 9.47 Å². The van der Waals surface area contributed by atoms with Gasteiger partial charge < -0.3 is 19.7 Å². The molecule has 0 heterocycles. The summed E-state index contributed by atoms with van der Waals surface area (Å²) in [6.45, 7) is -1.52. The monoisotopic (exact) mass is 342 g/mol. The van der Waals surface area contributed by atoms with Gasteiger partial charge >= 0.3 is 12.4 Å². The minimum atomic E-state index is -4.70. The maximum absolute atomic E-state index is 11.9. The third-order valence-electron chi connectivity index (χ3n) is 2.63. The number of rotatable bonds is 11. The Kier molecular flexibility index (Phi) is 9.97. The lowest BCUT2D eigenvalue weighted by Crippen LogP contribution is -2.33. The minimum Gasteiger partial charge on any atom is -0.382 e. The molecule has 0 aromatic rings. The van der Waals surface area contributed by atoms with Gasteiger partial charge in [-0.3, -0.25) is 0 Å². The highest BCUT2D eigenvalue weighted by atomic mass is 19.4. The summed E-state index contributed by atoms with van der Waals surface area (Å²) in [6, 6.07) is 0. The van der Waals surface area contributed by atoms with Crippen LogP contribution in [0.15, 0.2) is 0 Å². The number of ether oxygens (including phenoxy) is 2. The molecule has 0 spiro atoms. The Hall–Kier alpha value is -0.580. The third-order valence-corrected chi connectivity index (χ3v) is 2.63. The molecule has 134 valence electrons. The molecule has 2 atom stereocenters. The zero-order valence-corrected chi connectivity index (χ0v) is 11.8. The molecule has 0 radical (unpaired) electrons. The lowest BCUT2D eigenvalue weighted by Gasteiger charge is -2.14. The molecule has 0 saturated heterocycles. The van der Waals surface area contributed by atoms with Crippen LogP contribution in [0.4, 0.5) is 26.3 Å². The topological polar surface area (TPSA) is 58.9 Å². The fraction of sp³-hybridized carbons (Fsp3) is 1.00. The van der Waals surface area contributed by atoms with Crippen LogP contribution in [0.3, 0.4) is 0 Å². The minimum absolute atomic E-state index is 0.0563. The summed E-state index contributed by atoms with van der Waals surface area (Å²) in [6.07, 6.45) is -12.2. The van der Waals surface area contributed by atoms with Gasteiger partial charge in [0.05, 0.1) is 13.2 Å². The van der Waals surface area contributed by atoms with Crippen LogP contribution in [-0.4, -0.2) is 61.2 Å². The normalized spacial score (nSPS) is 15.8. The molecule has 0 rings (SSSR count). The molecular weight excluding hydrogens is 322 g/mol. The van der Waals surface area contributed by atoms with Crippen molar-refractivity contribution in [3.63, 3.8) is 0 Å². The van der Waals surface area contributed by atoms with Crippen molar-refractivity contribution < 1.29 is 46.0 Å². The van der Waals surface area contributed by atoms with E-state index in [2.05, 4.69) is 9.47 Å². The highest BCUT2D eigenvalue weighted by Gasteiger charge is 2.38. The van der Waals surface area contributed by atoms with E-state index < -0.39 is 37.8 Å². The smallest absolute Gasteiger partial charge is 0.382 e. The quantitative estimate of drug-likeness (QED) is 0.447. The van der Waals surface area contributed by atoms with Crippen LogP contribution in [0, 0.1) is 0 Å². The van der Waals surface area contributed by atoms with E-state index in [1.165, 1.54) is 0 Å². The Balaban J connectivity index is 3.35. The Bertz CT molecular complexity index is 254. The molecule has 2 unspecified atom stereocenters. The summed E-state index contributed by atoms with van der Waals surface area (Å²) < 4.78 is 80.7. The van der Waals surface area contributed by atoms with Crippen molar-refractivity contribution in [2.45, 2.75) is 50.2 Å². The number of halogens is 6. The average Bonchev–Trinajstić information content (AvgIpc) is 2.38. The van der Waals surface area contributed by atoms with Gasteiger partial charge in [0.2, 0.25) is 0 Å². The first kappa shape index (κ1) is 21.4. The first-order valence-corrected chi connectivity index (χ1v) is 6.70. The third kappa shape index (κ3) is 11.0. The van der Waals surface area contributed by atoms with Gasteiger partial charge in [-0.15, -0.1) is 0 Å². The predicted octanol–water partition coefficient (Wildman–Crippen LogP) is 2.43. The van der Waals surface area contributed by atoms with Gasteiger partial charge in [-0.05, 0) is 12.8 Å². The molecule has 22 heavy (non-hydrogen) atoms. The second-order valence-electron chi connectivity index (χ2n) is 4.68. The van der Waals surface area contributed by atoms with Crippen LogP contribution >= 0.6 is 0 Å². The van der Waals surface area contributed by atoms with Crippen LogP contribution < -0.4 is 0 Å². The Morgan fingerprint density at radius 1 is 0.636 bits per heavy atom. The van der Waals surface area contributed by atoms with Crippen LogP contribution in [0.5, 0.6) is 0 Å². The molecule has 2 N–H and O–H groups in total. The summed E-state index contributed by atoms with van der Waals surface area (Å²) in [5.41, 5.74) is 0. The van der Waals surface area contributed by atoms with Crippen molar-refractivity contribution in [2.75, 3.05) is 26.4 Å². The number of hydrogen-bond donors (Lipinski definition) is 2. The van der Waals surface area contributed by atoms with E-state index in [4.69, 9.17) is 10.2 Å². The Morgan fingerprint density at radius 3 is 1.23 bits per heavy atom. The summed E-state index contributed by atoms with van der Waals surface area (Å²) in [5, 5.41) is 17.2. The van der Waals surface area contributed by atoms with Gasteiger partial charge in [0, 0.05) is 13.2 Å². The van der Waals surface area contributed by atoms with E-state index in [-0.39, 0.29) is 13.2 Å². The second-order valence-corrected chi connectivity index (χ2v) is 4.68. The zero-order valence-electron chi connectivity index (χ0n) is 11.8. The van der Waals surface area contributed by atoms with E-state index >= 15 is 0 Å². The molecule has 0 aliphatic heterocycles. The van der Waals surface area contributed by atoms with Crippen LogP contribution in [0.2, 0.25) is 0 Å². The molecule has 0 aliphatic rings. The first-order chi connectivity index (χ1) is 10.0. The lowest BCUT2D eigenvalue weighted by molar-refractivity contribution is -0.217. The van der Waals surface area contributed by atoms with Gasteiger partial charge in [-0.25, -0.2) is 0 Å². The predicted molar refractivity (Wildman–Crippen MR) is 64.2 cm³/mol. The number of aliphatic hydroxyl groups is 2. The molecule has 4 nitrogen and oxygen atoms in total. The van der Waals surface area contributed by atoms with Gasteiger partial charge in [0.25, 0.3) is 0 Å². The van der Waals surface area contributed by atoms with Crippen molar-refractivity contribution in [3.05, 3.63) is 0 Å². The molecular formula is C12H20F6O4. The summed E-state index contributed by atoms with van der Waals surface area (Å²) in [4.78, 5) is 0. The highest BCUT2D eigenvalue weighted by molar-refractivity contribution is 4.64. The van der Waals surface area contributed by atoms with Crippen molar-refractivity contribution >= 4 is 0 Å². The SMILES string of the molecule is OC(COCCCCCCOCC(O)C(F)(F)F)C(F)(F)F. The maximum Gasteiger partial charge on any atom is 0.416 e. The Labute approximate surface area is 124 Å². The van der Waals surface area contributed by atoms with Gasteiger partial charge in [0.1, 0.15) is 0 Å². The standard InChI is InChI=1S/C12H20F6O4/c13-11(14,15)9(19)7-21-5-3-1-2-4-6-22-8-10(20)12(16,17)18/h9-10,19-20H,1-8H2. The fourth-order valence-electron chi connectivity index (χ4n) is 1.34. The Morgan fingerprint density at radius 2 is 0.955 bits per heavy atom. The second kappa shape index (κ2) is 10.2. The number of unbranched alkanes of at least 4 members (excludes halogenated alkanes) is 3. The molecule has 0 aromatic carbocycles. The van der Waals surface area contributed by atoms with E-state index in [1.807, 2.05) is 0 Å². The van der Waals surface area contributed by atoms with E-state index in [0.29, 0.717) is 25.7 Å². The van der Waals surface area contributed by atoms with E-state index in [1.54, 1.807) is 0 Å². The van der Waals surface area contributed by atoms with Crippen molar-refractivity contribution in [1.82, 2.24) is 0 Å². The van der Waals surface area contributed by atoms with Gasteiger partial charge in [-0.2, -0.15) is 26.3 Å². The molecule has 0 bridgehead atoms. The molecule has 0 aliphatic carbocycles. The summed E-state index contributed by atoms with van der Waals surface area (Å²) >= 11 is 0. The summed E-state index contributed by atoms with van der Waals surface area (Å²) in [5.74, 6) is 0. The van der Waals surface area contributed by atoms with Crippen molar-refractivity contribution in [1.29, 1.82) is 0 Å². The first-order valence-electron chi connectivity index (χ1n) is 6.70. The number of hydrogen-bond acceptors (Lipinski definition) is 4. The van der Waals surface area contributed by atoms with Gasteiger partial charge in [0.15, 0.2) is 12.2 Å². The number of aliphatic hydroxyl groups excluding tert-OH is 2. The van der Waals surface area contributed by atoms with Crippen LogP contribution in [0.1, 0.15) is 25.7 Å².